The predicted octanol–water partition coefficient (Wildman–Crippen LogP) is 2.83. The lowest BCUT2D eigenvalue weighted by atomic mass is 10.1. The number of ether oxygens (including phenoxy) is 1. The molecule has 0 bridgehead atoms. The number of hydrogen-bond donors (Lipinski definition) is 1. The number of hydrogen-bond acceptors (Lipinski definition) is 3. The molecule has 0 aromatic heterocycles. The van der Waals surface area contributed by atoms with E-state index in [2.05, 4.69) is 11.9 Å². The van der Waals surface area contributed by atoms with Gasteiger partial charge in [0.05, 0.1) is 0 Å². The molecule has 1 saturated heterocycles. The Balaban J connectivity index is 2.00. The molecule has 2 N–H and O–H groups in total. The van der Waals surface area contributed by atoms with Gasteiger partial charge in [0, 0.05) is 24.2 Å². The number of piperidine rings is 1. The van der Waals surface area contributed by atoms with E-state index in [-0.39, 0.29) is 6.04 Å². The van der Waals surface area contributed by atoms with Crippen LogP contribution in [-0.2, 0) is 0 Å². The summed E-state index contributed by atoms with van der Waals surface area (Å²) in [6, 6.07) is 5.74. The largest absolute Gasteiger partial charge is 0.490 e. The maximum absolute atomic E-state index is 6.20. The van der Waals surface area contributed by atoms with E-state index in [9.17, 15) is 0 Å². The van der Waals surface area contributed by atoms with E-state index in [1.165, 1.54) is 0 Å². The van der Waals surface area contributed by atoms with Gasteiger partial charge in [-0.05, 0) is 44.5 Å². The van der Waals surface area contributed by atoms with Gasteiger partial charge in [0.25, 0.3) is 0 Å². The minimum Gasteiger partial charge on any atom is -0.490 e. The molecule has 18 heavy (non-hydrogen) atoms. The van der Waals surface area contributed by atoms with Crippen LogP contribution in [-0.4, -0.2) is 31.1 Å². The van der Waals surface area contributed by atoms with Crippen molar-refractivity contribution < 1.29 is 4.74 Å². The minimum absolute atomic E-state index is 0.0464. The van der Waals surface area contributed by atoms with E-state index in [4.69, 9.17) is 22.1 Å². The van der Waals surface area contributed by atoms with Crippen LogP contribution < -0.4 is 10.5 Å². The molecule has 4 heteroatoms. The monoisotopic (exact) mass is 268 g/mol. The molecule has 0 amide bonds. The Kier molecular flexibility index (Phi) is 4.49. The van der Waals surface area contributed by atoms with Gasteiger partial charge in [0.15, 0.2) is 0 Å². The average Bonchev–Trinajstić information content (AvgIpc) is 2.32. The van der Waals surface area contributed by atoms with Crippen LogP contribution >= 0.6 is 11.6 Å². The summed E-state index contributed by atoms with van der Waals surface area (Å²) < 4.78 is 5.97. The Labute approximate surface area is 114 Å². The normalized spacial score (nSPS) is 19.8. The van der Waals surface area contributed by atoms with Gasteiger partial charge in [-0.1, -0.05) is 17.7 Å². The SMILES string of the molecule is CC(N)c1ccc(OC2CCN(C)CC2)cc1Cl. The van der Waals surface area contributed by atoms with Gasteiger partial charge in [-0.15, -0.1) is 0 Å². The molecule has 1 aliphatic rings. The molecule has 100 valence electrons. The van der Waals surface area contributed by atoms with Crippen LogP contribution in [0.15, 0.2) is 18.2 Å². The zero-order valence-electron chi connectivity index (χ0n) is 11.0. The van der Waals surface area contributed by atoms with Gasteiger partial charge < -0.3 is 15.4 Å². The van der Waals surface area contributed by atoms with Crippen molar-refractivity contribution in [1.29, 1.82) is 0 Å². The highest BCUT2D eigenvalue weighted by Crippen LogP contribution is 2.27. The van der Waals surface area contributed by atoms with Crippen LogP contribution in [0.3, 0.4) is 0 Å². The maximum atomic E-state index is 6.20. The average molecular weight is 269 g/mol. The van der Waals surface area contributed by atoms with Crippen molar-refractivity contribution in [2.24, 2.45) is 5.73 Å². The molecule has 1 aromatic rings. The molecule has 1 aliphatic heterocycles. The Hall–Kier alpha value is -0.770. The van der Waals surface area contributed by atoms with Crippen molar-refractivity contribution in [3.63, 3.8) is 0 Å². The summed E-state index contributed by atoms with van der Waals surface area (Å²) in [5.41, 5.74) is 6.80. The molecule has 1 atom stereocenters. The molecule has 1 unspecified atom stereocenters. The van der Waals surface area contributed by atoms with Crippen molar-refractivity contribution in [3.05, 3.63) is 28.8 Å². The highest BCUT2D eigenvalue weighted by molar-refractivity contribution is 6.31. The third-order valence-corrected chi connectivity index (χ3v) is 3.76. The van der Waals surface area contributed by atoms with Crippen LogP contribution in [0.4, 0.5) is 0 Å². The van der Waals surface area contributed by atoms with Crippen molar-refractivity contribution in [3.8, 4) is 5.75 Å². The summed E-state index contributed by atoms with van der Waals surface area (Å²) >= 11 is 6.20. The van der Waals surface area contributed by atoms with Crippen LogP contribution in [0.5, 0.6) is 5.75 Å². The van der Waals surface area contributed by atoms with Crippen LogP contribution in [0.1, 0.15) is 31.4 Å². The topological polar surface area (TPSA) is 38.5 Å². The molecule has 1 heterocycles. The number of halogens is 1. The predicted molar refractivity (Wildman–Crippen MR) is 75.2 cm³/mol. The fraction of sp³-hybridized carbons (Fsp3) is 0.571. The number of nitrogens with zero attached hydrogens (tertiary/aromatic N) is 1. The van der Waals surface area contributed by atoms with Gasteiger partial charge >= 0.3 is 0 Å². The summed E-state index contributed by atoms with van der Waals surface area (Å²) in [6.07, 6.45) is 2.45. The van der Waals surface area contributed by atoms with E-state index in [1.54, 1.807) is 0 Å². The molecule has 1 fully saturated rings. The Morgan fingerprint density at radius 2 is 2.06 bits per heavy atom. The fourth-order valence-corrected chi connectivity index (χ4v) is 2.59. The second kappa shape index (κ2) is 5.91. The number of benzene rings is 1. The van der Waals surface area contributed by atoms with Gasteiger partial charge in [-0.25, -0.2) is 0 Å². The van der Waals surface area contributed by atoms with Crippen LogP contribution in [0, 0.1) is 0 Å². The van der Waals surface area contributed by atoms with E-state index in [1.807, 2.05) is 25.1 Å². The Morgan fingerprint density at radius 3 is 2.61 bits per heavy atom. The summed E-state index contributed by atoms with van der Waals surface area (Å²) in [6.45, 7) is 4.12. The summed E-state index contributed by atoms with van der Waals surface area (Å²) in [5, 5.41) is 0.690. The first-order valence-electron chi connectivity index (χ1n) is 6.46. The van der Waals surface area contributed by atoms with E-state index in [0.717, 1.165) is 37.2 Å². The summed E-state index contributed by atoms with van der Waals surface area (Å²) in [4.78, 5) is 2.33. The first-order chi connectivity index (χ1) is 8.56. The lowest BCUT2D eigenvalue weighted by molar-refractivity contribution is 0.114. The molecule has 0 saturated carbocycles. The van der Waals surface area contributed by atoms with Crippen molar-refractivity contribution in [2.45, 2.75) is 31.9 Å². The first kappa shape index (κ1) is 13.7. The van der Waals surface area contributed by atoms with E-state index >= 15 is 0 Å². The van der Waals surface area contributed by atoms with Gasteiger partial charge in [-0.2, -0.15) is 0 Å². The molecule has 3 nitrogen and oxygen atoms in total. The molecule has 0 aliphatic carbocycles. The lowest BCUT2D eigenvalue weighted by Gasteiger charge is -2.29. The lowest BCUT2D eigenvalue weighted by Crippen LogP contribution is -2.35. The maximum Gasteiger partial charge on any atom is 0.121 e. The van der Waals surface area contributed by atoms with Crippen molar-refractivity contribution >= 4 is 11.6 Å². The second-order valence-corrected chi connectivity index (χ2v) is 5.50. The Morgan fingerprint density at radius 1 is 1.39 bits per heavy atom. The molecule has 0 radical (unpaired) electrons. The molecular formula is C14H21ClN2O. The van der Waals surface area contributed by atoms with E-state index < -0.39 is 0 Å². The Bertz CT molecular complexity index is 401. The third-order valence-electron chi connectivity index (χ3n) is 3.43. The molecule has 0 spiro atoms. The van der Waals surface area contributed by atoms with Gasteiger partial charge in [0.2, 0.25) is 0 Å². The minimum atomic E-state index is -0.0464. The number of likely N-dealkylation sites (tertiary alicyclic amines) is 1. The number of nitrogens with two attached hydrogens (primary N) is 1. The molecule has 2 rings (SSSR count). The standard InChI is InChI=1S/C14H21ClN2O/c1-10(16)13-4-3-12(9-14(13)15)18-11-5-7-17(2)8-6-11/h3-4,9-11H,5-8,16H2,1-2H3. The summed E-state index contributed by atoms with van der Waals surface area (Å²) in [5.74, 6) is 0.846. The molecular weight excluding hydrogens is 248 g/mol. The third kappa shape index (κ3) is 3.37. The highest BCUT2D eigenvalue weighted by Gasteiger charge is 2.18. The smallest absolute Gasteiger partial charge is 0.121 e. The number of rotatable bonds is 3. The van der Waals surface area contributed by atoms with Crippen LogP contribution in [0.2, 0.25) is 5.02 Å². The quantitative estimate of drug-likeness (QED) is 0.916. The highest BCUT2D eigenvalue weighted by atomic mass is 35.5. The summed E-state index contributed by atoms with van der Waals surface area (Å²) in [7, 11) is 2.14. The second-order valence-electron chi connectivity index (χ2n) is 5.09. The van der Waals surface area contributed by atoms with Gasteiger partial charge in [-0.3, -0.25) is 0 Å². The van der Waals surface area contributed by atoms with Gasteiger partial charge in [0.1, 0.15) is 11.9 Å². The van der Waals surface area contributed by atoms with Crippen LogP contribution in [0.25, 0.3) is 0 Å². The zero-order valence-corrected chi connectivity index (χ0v) is 11.8. The molecule has 1 aromatic carbocycles. The van der Waals surface area contributed by atoms with Crippen molar-refractivity contribution in [1.82, 2.24) is 4.90 Å². The van der Waals surface area contributed by atoms with Crippen molar-refractivity contribution in [2.75, 3.05) is 20.1 Å². The fourth-order valence-electron chi connectivity index (χ4n) is 2.25. The van der Waals surface area contributed by atoms with E-state index in [0.29, 0.717) is 11.1 Å². The zero-order chi connectivity index (χ0) is 13.1. The first-order valence-corrected chi connectivity index (χ1v) is 6.84.